The highest BCUT2D eigenvalue weighted by molar-refractivity contribution is 6.21. The fourth-order valence-electron chi connectivity index (χ4n) is 4.44. The number of carboxylic acid groups (broad SMARTS) is 2. The number of allylic oxidation sites excluding steroid dienone is 8. The Kier molecular flexibility index (Phi) is 10.5. The largest absolute Gasteiger partial charge is 0.481 e. The first kappa shape index (κ1) is 30.8. The number of aliphatic carboxylic acids is 2. The first-order valence-electron chi connectivity index (χ1n) is 13.1. The summed E-state index contributed by atoms with van der Waals surface area (Å²) in [6.45, 7) is 6.60. The highest BCUT2D eigenvalue weighted by atomic mass is 16.4. The molecule has 0 aromatic heterocycles. The molecule has 2 N–H and O–H groups in total. The summed E-state index contributed by atoms with van der Waals surface area (Å²) in [6.07, 6.45) is 9.47. The van der Waals surface area contributed by atoms with Crippen molar-refractivity contribution in [2.75, 3.05) is 0 Å². The predicted octanol–water partition coefficient (Wildman–Crippen LogP) is 5.12. The standard InChI is InChI=1S/C30H38O8/c1-29(2,27(35)36)13-7-5-9-19-15-23(31)17-21(25(19)33)11-12-22-18-24(32)16-20(26(22)34)10-6-8-14-30(3,4)28(37)38/h15-18H,5-14H2,1-4H3,(H,35,36)(H,37,38). The minimum Gasteiger partial charge on any atom is -0.481 e. The molecule has 2 rings (SSSR count). The van der Waals surface area contributed by atoms with Crippen molar-refractivity contribution >= 4 is 35.1 Å². The van der Waals surface area contributed by atoms with Gasteiger partial charge in [-0.25, -0.2) is 0 Å². The zero-order valence-electron chi connectivity index (χ0n) is 22.7. The molecule has 0 fully saturated rings. The third kappa shape index (κ3) is 8.57. The van der Waals surface area contributed by atoms with Crippen LogP contribution in [0.25, 0.3) is 0 Å². The molecular formula is C30H38O8. The van der Waals surface area contributed by atoms with Gasteiger partial charge in [-0.2, -0.15) is 0 Å². The lowest BCUT2D eigenvalue weighted by molar-refractivity contribution is -0.148. The predicted molar refractivity (Wildman–Crippen MR) is 141 cm³/mol. The van der Waals surface area contributed by atoms with Gasteiger partial charge in [-0.3, -0.25) is 28.8 Å². The van der Waals surface area contributed by atoms with Gasteiger partial charge in [-0.05, 0) is 103 Å². The molecule has 0 unspecified atom stereocenters. The Balaban J connectivity index is 1.90. The number of unbranched alkanes of at least 4 members (excludes halogenated alkanes) is 2. The van der Waals surface area contributed by atoms with Crippen LogP contribution in [0.5, 0.6) is 0 Å². The van der Waals surface area contributed by atoms with E-state index in [4.69, 9.17) is 0 Å². The van der Waals surface area contributed by atoms with Crippen LogP contribution in [0.15, 0.2) is 46.6 Å². The van der Waals surface area contributed by atoms with Crippen LogP contribution < -0.4 is 0 Å². The maximum atomic E-state index is 12.9. The zero-order chi connectivity index (χ0) is 28.7. The smallest absolute Gasteiger partial charge is 0.309 e. The molecule has 0 bridgehead atoms. The molecule has 0 aromatic rings. The molecule has 2 aliphatic carbocycles. The summed E-state index contributed by atoms with van der Waals surface area (Å²) in [7, 11) is 0. The van der Waals surface area contributed by atoms with E-state index in [2.05, 4.69) is 0 Å². The summed E-state index contributed by atoms with van der Waals surface area (Å²) in [5.74, 6) is -2.87. The van der Waals surface area contributed by atoms with Gasteiger partial charge in [0.25, 0.3) is 0 Å². The molecule has 0 spiro atoms. The van der Waals surface area contributed by atoms with Gasteiger partial charge in [0.2, 0.25) is 0 Å². The molecule has 2 aliphatic rings. The third-order valence-corrected chi connectivity index (χ3v) is 7.25. The fourth-order valence-corrected chi connectivity index (χ4v) is 4.44. The average Bonchev–Trinajstić information content (AvgIpc) is 2.82. The first-order chi connectivity index (χ1) is 17.6. The van der Waals surface area contributed by atoms with Crippen LogP contribution >= 0.6 is 0 Å². The number of hydrogen-bond acceptors (Lipinski definition) is 6. The van der Waals surface area contributed by atoms with Crippen molar-refractivity contribution < 1.29 is 39.0 Å². The number of Topliss-reactive ketones (excluding diaryl/α,β-unsaturated/α-hetero) is 2. The Labute approximate surface area is 223 Å². The summed E-state index contributed by atoms with van der Waals surface area (Å²) in [6, 6.07) is 0. The maximum Gasteiger partial charge on any atom is 0.309 e. The van der Waals surface area contributed by atoms with Gasteiger partial charge in [0.1, 0.15) is 0 Å². The van der Waals surface area contributed by atoms with Crippen molar-refractivity contribution in [3.63, 3.8) is 0 Å². The van der Waals surface area contributed by atoms with Crippen molar-refractivity contribution in [3.05, 3.63) is 46.6 Å². The summed E-state index contributed by atoms with van der Waals surface area (Å²) in [5.41, 5.74) is -0.355. The van der Waals surface area contributed by atoms with E-state index >= 15 is 0 Å². The Hall–Kier alpha value is -3.42. The molecule has 0 radical (unpaired) electrons. The number of hydrogen-bond donors (Lipinski definition) is 2. The Morgan fingerprint density at radius 1 is 0.553 bits per heavy atom. The van der Waals surface area contributed by atoms with Gasteiger partial charge in [0, 0.05) is 22.3 Å². The van der Waals surface area contributed by atoms with E-state index in [0.29, 0.717) is 73.7 Å². The van der Waals surface area contributed by atoms with E-state index < -0.39 is 22.8 Å². The van der Waals surface area contributed by atoms with Gasteiger partial charge in [-0.15, -0.1) is 0 Å². The van der Waals surface area contributed by atoms with Gasteiger partial charge < -0.3 is 10.2 Å². The minimum absolute atomic E-state index is 0.152. The Bertz CT molecular complexity index is 1050. The second-order valence-electron chi connectivity index (χ2n) is 11.4. The van der Waals surface area contributed by atoms with Gasteiger partial charge >= 0.3 is 11.9 Å². The molecule has 8 nitrogen and oxygen atoms in total. The third-order valence-electron chi connectivity index (χ3n) is 7.25. The molecule has 206 valence electrons. The van der Waals surface area contributed by atoms with Crippen LogP contribution in [0.2, 0.25) is 0 Å². The van der Waals surface area contributed by atoms with E-state index in [1.165, 1.54) is 24.3 Å². The van der Waals surface area contributed by atoms with Crippen molar-refractivity contribution in [2.24, 2.45) is 10.8 Å². The van der Waals surface area contributed by atoms with Crippen LogP contribution in [0, 0.1) is 10.8 Å². The van der Waals surface area contributed by atoms with Crippen molar-refractivity contribution in [3.8, 4) is 0 Å². The molecule has 0 atom stereocenters. The van der Waals surface area contributed by atoms with E-state index in [9.17, 15) is 39.0 Å². The number of carbonyl (C=O) groups is 6. The van der Waals surface area contributed by atoms with Gasteiger partial charge in [0.15, 0.2) is 23.1 Å². The first-order valence-corrected chi connectivity index (χ1v) is 13.1. The number of carbonyl (C=O) groups excluding carboxylic acids is 4. The van der Waals surface area contributed by atoms with Crippen molar-refractivity contribution in [1.29, 1.82) is 0 Å². The van der Waals surface area contributed by atoms with E-state index in [1.807, 2.05) is 0 Å². The number of rotatable bonds is 15. The normalized spacial score (nSPS) is 16.6. The Morgan fingerprint density at radius 2 is 0.842 bits per heavy atom. The van der Waals surface area contributed by atoms with E-state index in [-0.39, 0.29) is 36.0 Å². The highest BCUT2D eigenvalue weighted by Crippen LogP contribution is 2.29. The number of carboxylic acids is 2. The second-order valence-corrected chi connectivity index (χ2v) is 11.4. The van der Waals surface area contributed by atoms with Gasteiger partial charge in [-0.1, -0.05) is 12.8 Å². The van der Waals surface area contributed by atoms with Crippen LogP contribution in [-0.2, 0) is 28.8 Å². The molecule has 0 saturated heterocycles. The van der Waals surface area contributed by atoms with Crippen LogP contribution in [0.3, 0.4) is 0 Å². The molecule has 38 heavy (non-hydrogen) atoms. The summed E-state index contributed by atoms with van der Waals surface area (Å²) in [4.78, 5) is 72.9. The lowest BCUT2D eigenvalue weighted by atomic mass is 9.84. The monoisotopic (exact) mass is 526 g/mol. The summed E-state index contributed by atoms with van der Waals surface area (Å²) in [5, 5.41) is 18.5. The summed E-state index contributed by atoms with van der Waals surface area (Å²) < 4.78 is 0. The van der Waals surface area contributed by atoms with Crippen molar-refractivity contribution in [1.82, 2.24) is 0 Å². The molecule has 0 aliphatic heterocycles. The minimum atomic E-state index is -0.879. The lowest BCUT2D eigenvalue weighted by Gasteiger charge is -2.20. The van der Waals surface area contributed by atoms with E-state index in [0.717, 1.165) is 0 Å². The topological polar surface area (TPSA) is 143 Å². The van der Waals surface area contributed by atoms with Crippen LogP contribution in [0.4, 0.5) is 0 Å². The van der Waals surface area contributed by atoms with E-state index in [1.54, 1.807) is 27.7 Å². The van der Waals surface area contributed by atoms with Gasteiger partial charge in [0.05, 0.1) is 10.8 Å². The van der Waals surface area contributed by atoms with Crippen molar-refractivity contribution in [2.45, 2.75) is 91.9 Å². The Morgan fingerprint density at radius 3 is 1.13 bits per heavy atom. The highest BCUT2D eigenvalue weighted by Gasteiger charge is 2.29. The molecule has 0 amide bonds. The molecule has 8 heteroatoms. The molecular weight excluding hydrogens is 488 g/mol. The quantitative estimate of drug-likeness (QED) is 0.221. The summed E-state index contributed by atoms with van der Waals surface area (Å²) >= 11 is 0. The fraction of sp³-hybridized carbons (Fsp3) is 0.533. The molecule has 0 heterocycles. The zero-order valence-corrected chi connectivity index (χ0v) is 22.7. The van der Waals surface area contributed by atoms with Crippen LogP contribution in [-0.4, -0.2) is 45.3 Å². The SMILES string of the molecule is CC(C)(CCCCC1=CC(=O)C=C(CCC2=CC(=O)C=C(CCCCC(C)(C)C(=O)O)C2=O)C1=O)C(=O)O. The molecule has 0 aromatic carbocycles. The lowest BCUT2D eigenvalue weighted by Crippen LogP contribution is -2.23. The maximum absolute atomic E-state index is 12.9. The van der Waals surface area contributed by atoms with Crippen LogP contribution in [0.1, 0.15) is 91.9 Å². The molecule has 0 saturated carbocycles. The average molecular weight is 527 g/mol. The second kappa shape index (κ2) is 12.9. The number of ketones is 4.